The quantitative estimate of drug-likeness (QED) is 0.330. The van der Waals surface area contributed by atoms with Crippen molar-refractivity contribution in [2.24, 2.45) is 5.73 Å². The second kappa shape index (κ2) is 11.1. The van der Waals surface area contributed by atoms with E-state index in [9.17, 15) is 18.0 Å². The van der Waals surface area contributed by atoms with Gasteiger partial charge in [-0.1, -0.05) is 84.9 Å². The molecular formula is C30H30N3O4S2+. The van der Waals surface area contributed by atoms with E-state index in [1.165, 1.54) is 11.3 Å². The first-order chi connectivity index (χ1) is 18.8. The number of piperazine rings is 1. The number of sulfonamides is 1. The predicted octanol–water partition coefficient (Wildman–Crippen LogP) is 3.98. The highest BCUT2D eigenvalue weighted by Gasteiger charge is 2.56. The number of nitrogens with two attached hydrogens (primary N) is 1. The van der Waals surface area contributed by atoms with Gasteiger partial charge >= 0.3 is 10.0 Å². The molecule has 2 atom stereocenters. The number of carbonyl (C=O) groups excluding carboxylic acids is 2. The molecule has 39 heavy (non-hydrogen) atoms. The van der Waals surface area contributed by atoms with Gasteiger partial charge in [-0.2, -0.15) is 12.3 Å². The summed E-state index contributed by atoms with van der Waals surface area (Å²) in [5.41, 5.74) is 7.60. The molecule has 0 aliphatic carbocycles. The van der Waals surface area contributed by atoms with Crippen LogP contribution in [0.15, 0.2) is 113 Å². The number of nitrogens with zero attached hydrogens (tertiary/aromatic N) is 2. The Bertz CT molecular complexity index is 1490. The summed E-state index contributed by atoms with van der Waals surface area (Å²) in [5, 5.41) is 1.88. The Morgan fingerprint density at radius 1 is 0.872 bits per heavy atom. The van der Waals surface area contributed by atoms with Crippen LogP contribution in [0.2, 0.25) is 0 Å². The number of carbonyl (C=O) groups is 2. The molecule has 4 aromatic rings. The van der Waals surface area contributed by atoms with E-state index in [1.54, 1.807) is 35.2 Å². The Kier molecular flexibility index (Phi) is 7.65. The van der Waals surface area contributed by atoms with Crippen molar-refractivity contribution in [2.45, 2.75) is 23.4 Å². The van der Waals surface area contributed by atoms with Gasteiger partial charge in [0.25, 0.3) is 5.91 Å². The summed E-state index contributed by atoms with van der Waals surface area (Å²) < 4.78 is 28.0. The van der Waals surface area contributed by atoms with Crippen molar-refractivity contribution in [1.82, 2.24) is 4.90 Å². The molecule has 200 valence electrons. The Morgan fingerprint density at radius 2 is 1.44 bits per heavy atom. The fraction of sp³-hybridized carbons (Fsp3) is 0.200. The number of amides is 2. The summed E-state index contributed by atoms with van der Waals surface area (Å²) in [6.45, 7) is 0.189. The summed E-state index contributed by atoms with van der Waals surface area (Å²) in [7, 11) is -4.06. The summed E-state index contributed by atoms with van der Waals surface area (Å²) in [4.78, 5) is 29.7. The van der Waals surface area contributed by atoms with E-state index in [0.29, 0.717) is 0 Å². The van der Waals surface area contributed by atoms with E-state index < -0.39 is 31.8 Å². The first kappa shape index (κ1) is 26.8. The third-order valence-electron chi connectivity index (χ3n) is 7.39. The van der Waals surface area contributed by atoms with Gasteiger partial charge in [0.15, 0.2) is 0 Å². The molecule has 1 fully saturated rings. The van der Waals surface area contributed by atoms with Gasteiger partial charge in [-0.25, -0.2) is 0 Å². The van der Waals surface area contributed by atoms with Crippen LogP contribution in [0.1, 0.15) is 21.9 Å². The minimum atomic E-state index is -4.06. The predicted molar refractivity (Wildman–Crippen MR) is 151 cm³/mol. The average Bonchev–Trinajstić information content (AvgIpc) is 3.47. The number of rotatable bonds is 8. The standard InChI is InChI=1S/C30H29N3O4S2/c31-29(34)27-21-32(30(35)28(23-11-4-1-5-12-23)24-13-6-2-7-14-24)18-19-33(27,22-25-15-10-20-38-25)39(36,37)26-16-8-3-9-17-26/h1-17,20,27-28H,18-19,21-22H2,(H-,31,34)/p+1. The Labute approximate surface area is 232 Å². The molecule has 0 saturated carbocycles. The van der Waals surface area contributed by atoms with Crippen LogP contribution < -0.4 is 5.73 Å². The van der Waals surface area contributed by atoms with Crippen molar-refractivity contribution in [1.29, 1.82) is 0 Å². The van der Waals surface area contributed by atoms with Gasteiger partial charge in [0, 0.05) is 0 Å². The Hall–Kier alpha value is -3.79. The number of thiophene rings is 1. The minimum absolute atomic E-state index is 0.0325. The number of hydrogen-bond acceptors (Lipinski definition) is 5. The summed E-state index contributed by atoms with van der Waals surface area (Å²) in [6, 6.07) is 29.7. The topological polar surface area (TPSA) is 97.5 Å². The monoisotopic (exact) mass is 560 g/mol. The van der Waals surface area contributed by atoms with Crippen LogP contribution in [0.5, 0.6) is 0 Å². The molecule has 5 rings (SSSR count). The van der Waals surface area contributed by atoms with Crippen LogP contribution in [0.25, 0.3) is 0 Å². The maximum Gasteiger partial charge on any atom is 0.328 e. The molecule has 3 aromatic carbocycles. The van der Waals surface area contributed by atoms with Gasteiger partial charge in [0.05, 0.1) is 23.9 Å². The second-order valence-corrected chi connectivity index (χ2v) is 12.8. The van der Waals surface area contributed by atoms with Crippen LogP contribution >= 0.6 is 11.3 Å². The van der Waals surface area contributed by atoms with Crippen LogP contribution in [0.3, 0.4) is 0 Å². The zero-order valence-corrected chi connectivity index (χ0v) is 22.9. The third kappa shape index (κ3) is 5.13. The molecule has 2 unspecified atom stereocenters. The molecule has 0 spiro atoms. The van der Waals surface area contributed by atoms with Gasteiger partial charge in [-0.15, -0.1) is 11.3 Å². The molecule has 1 aliphatic rings. The van der Waals surface area contributed by atoms with E-state index in [2.05, 4.69) is 0 Å². The maximum atomic E-state index is 14.3. The molecule has 2 amide bonds. The van der Waals surface area contributed by atoms with Gasteiger partial charge in [-0.05, 0) is 34.7 Å². The van der Waals surface area contributed by atoms with Crippen molar-refractivity contribution in [2.75, 3.05) is 19.6 Å². The highest BCUT2D eigenvalue weighted by atomic mass is 32.2. The van der Waals surface area contributed by atoms with E-state index >= 15 is 0 Å². The van der Waals surface area contributed by atoms with Gasteiger partial charge in [0.1, 0.15) is 18.0 Å². The largest absolute Gasteiger partial charge is 0.364 e. The minimum Gasteiger partial charge on any atom is -0.364 e. The van der Waals surface area contributed by atoms with Crippen LogP contribution in [-0.2, 0) is 26.2 Å². The molecule has 0 bridgehead atoms. The van der Waals surface area contributed by atoms with Crippen LogP contribution in [-0.4, -0.2) is 54.7 Å². The van der Waals surface area contributed by atoms with Crippen molar-refractivity contribution < 1.29 is 21.9 Å². The highest BCUT2D eigenvalue weighted by molar-refractivity contribution is 7.86. The first-order valence-electron chi connectivity index (χ1n) is 12.7. The molecule has 7 nitrogen and oxygen atoms in total. The SMILES string of the molecule is NC(=O)C1CN(C(=O)C(c2ccccc2)c2ccccc2)CC[N+]1(Cc1cccs1)S(=O)(=O)c1ccccc1. The molecule has 0 radical (unpaired) electrons. The first-order valence-corrected chi connectivity index (χ1v) is 15.0. The fourth-order valence-electron chi connectivity index (χ4n) is 5.40. The molecule has 1 aliphatic heterocycles. The molecule has 2 N–H and O–H groups in total. The lowest BCUT2D eigenvalue weighted by Gasteiger charge is -2.47. The highest BCUT2D eigenvalue weighted by Crippen LogP contribution is 2.36. The van der Waals surface area contributed by atoms with E-state index in [-0.39, 0.29) is 37.0 Å². The van der Waals surface area contributed by atoms with Crippen molar-refractivity contribution in [3.63, 3.8) is 0 Å². The van der Waals surface area contributed by atoms with Gasteiger partial charge < -0.3 is 10.6 Å². The summed E-state index contributed by atoms with van der Waals surface area (Å²) >= 11 is 1.43. The fourth-order valence-corrected chi connectivity index (χ4v) is 8.33. The summed E-state index contributed by atoms with van der Waals surface area (Å²) in [6.07, 6.45) is 0. The lowest BCUT2D eigenvalue weighted by molar-refractivity contribution is -0.841. The van der Waals surface area contributed by atoms with Gasteiger partial charge in [0.2, 0.25) is 11.9 Å². The maximum absolute atomic E-state index is 14.3. The molecule has 2 heterocycles. The lowest BCUT2D eigenvalue weighted by atomic mass is 9.89. The third-order valence-corrected chi connectivity index (χ3v) is 10.6. The zero-order chi connectivity index (χ0) is 27.5. The normalized spacial score (nSPS) is 19.6. The Balaban J connectivity index is 1.56. The van der Waals surface area contributed by atoms with Crippen LogP contribution in [0, 0.1) is 0 Å². The van der Waals surface area contributed by atoms with Gasteiger partial charge in [-0.3, -0.25) is 9.59 Å². The number of benzene rings is 3. The number of quaternary nitrogens is 1. The van der Waals surface area contributed by atoms with Crippen molar-refractivity contribution >= 4 is 33.2 Å². The zero-order valence-electron chi connectivity index (χ0n) is 21.3. The number of primary amides is 1. The molecule has 1 aromatic heterocycles. The van der Waals surface area contributed by atoms with E-state index in [4.69, 9.17) is 5.73 Å². The number of hydrogen-bond donors (Lipinski definition) is 1. The lowest BCUT2D eigenvalue weighted by Crippen LogP contribution is -2.71. The van der Waals surface area contributed by atoms with E-state index in [0.717, 1.165) is 16.0 Å². The van der Waals surface area contributed by atoms with Crippen molar-refractivity contribution in [3.8, 4) is 0 Å². The summed E-state index contributed by atoms with van der Waals surface area (Å²) in [5.74, 6) is -1.53. The van der Waals surface area contributed by atoms with E-state index in [1.807, 2.05) is 78.2 Å². The Morgan fingerprint density at radius 3 is 1.95 bits per heavy atom. The van der Waals surface area contributed by atoms with Crippen LogP contribution in [0.4, 0.5) is 0 Å². The average molecular weight is 561 g/mol. The smallest absolute Gasteiger partial charge is 0.328 e. The molecule has 9 heteroatoms. The molecular weight excluding hydrogens is 530 g/mol. The second-order valence-electron chi connectivity index (χ2n) is 9.66. The molecule has 1 saturated heterocycles. The van der Waals surface area contributed by atoms with Crippen molar-refractivity contribution in [3.05, 3.63) is 125 Å².